The molecule has 2 heterocycles. The van der Waals surface area contributed by atoms with Crippen molar-refractivity contribution in [2.45, 2.75) is 29.6 Å². The van der Waals surface area contributed by atoms with Gasteiger partial charge in [-0.1, -0.05) is 18.2 Å². The molecule has 4 heteroatoms. The Kier molecular flexibility index (Phi) is 3.14. The van der Waals surface area contributed by atoms with Crippen molar-refractivity contribution in [1.82, 2.24) is 4.98 Å². The second-order valence-electron chi connectivity index (χ2n) is 4.58. The summed E-state index contributed by atoms with van der Waals surface area (Å²) in [5, 5.41) is 1.62. The largest absolute Gasteiger partial charge is 0.397 e. The number of ether oxygens (including phenoxy) is 1. The summed E-state index contributed by atoms with van der Waals surface area (Å²) in [6.45, 7) is 2.98. The van der Waals surface area contributed by atoms with Crippen molar-refractivity contribution in [1.29, 1.82) is 0 Å². The van der Waals surface area contributed by atoms with E-state index in [0.29, 0.717) is 11.4 Å². The minimum absolute atomic E-state index is 0.293. The molecule has 2 atom stereocenters. The van der Waals surface area contributed by atoms with Gasteiger partial charge in [-0.2, -0.15) is 0 Å². The van der Waals surface area contributed by atoms with Crippen LogP contribution in [0, 0.1) is 0 Å². The van der Waals surface area contributed by atoms with Crippen LogP contribution < -0.4 is 5.73 Å². The highest BCUT2D eigenvalue weighted by Crippen LogP contribution is 2.39. The maximum absolute atomic E-state index is 6.09. The summed E-state index contributed by atoms with van der Waals surface area (Å²) < 4.78 is 5.61. The van der Waals surface area contributed by atoms with Crippen molar-refractivity contribution in [3.05, 3.63) is 30.5 Å². The summed E-state index contributed by atoms with van der Waals surface area (Å²) in [5.74, 6) is 0. The molecule has 94 valence electrons. The monoisotopic (exact) mass is 260 g/mol. The standard InChI is InChI=1S/C14H16N2OS/c1-9-13(6-7-17-9)18-14-10-4-2-3-5-12(10)16-8-11(14)15/h2-5,8-9,13H,6-7,15H2,1H3. The third-order valence-corrected chi connectivity index (χ3v) is 4.94. The van der Waals surface area contributed by atoms with E-state index in [2.05, 4.69) is 18.0 Å². The van der Waals surface area contributed by atoms with Crippen LogP contribution in [0.3, 0.4) is 0 Å². The Hall–Kier alpha value is -1.26. The molecule has 2 N–H and O–H groups in total. The maximum atomic E-state index is 6.09. The minimum Gasteiger partial charge on any atom is -0.397 e. The number of anilines is 1. The van der Waals surface area contributed by atoms with Gasteiger partial charge in [0.2, 0.25) is 0 Å². The van der Waals surface area contributed by atoms with Gasteiger partial charge in [0.15, 0.2) is 0 Å². The first kappa shape index (κ1) is 11.8. The molecule has 3 nitrogen and oxygen atoms in total. The van der Waals surface area contributed by atoms with Crippen molar-refractivity contribution in [2.75, 3.05) is 12.3 Å². The Labute approximate surface area is 111 Å². The Bertz CT molecular complexity index is 573. The van der Waals surface area contributed by atoms with E-state index in [1.807, 2.05) is 30.0 Å². The van der Waals surface area contributed by atoms with Crippen LogP contribution in [0.25, 0.3) is 10.9 Å². The molecule has 0 saturated carbocycles. The number of hydrogen-bond donors (Lipinski definition) is 1. The Balaban J connectivity index is 2.02. The SMILES string of the molecule is CC1OCCC1Sc1c(N)cnc2ccccc12. The van der Waals surface area contributed by atoms with Gasteiger partial charge in [-0.25, -0.2) is 0 Å². The number of hydrogen-bond acceptors (Lipinski definition) is 4. The molecule has 1 aromatic heterocycles. The first-order valence-corrected chi connectivity index (χ1v) is 7.05. The summed E-state index contributed by atoms with van der Waals surface area (Å²) in [6.07, 6.45) is 3.13. The predicted molar refractivity (Wildman–Crippen MR) is 75.8 cm³/mol. The van der Waals surface area contributed by atoms with Crippen LogP contribution in [0.2, 0.25) is 0 Å². The van der Waals surface area contributed by atoms with Gasteiger partial charge in [-0.3, -0.25) is 4.98 Å². The van der Waals surface area contributed by atoms with Gasteiger partial charge in [0.25, 0.3) is 0 Å². The predicted octanol–water partition coefficient (Wildman–Crippen LogP) is 3.09. The zero-order valence-corrected chi connectivity index (χ0v) is 11.1. The lowest BCUT2D eigenvalue weighted by Gasteiger charge is -2.16. The summed E-state index contributed by atoms with van der Waals surface area (Å²) in [6, 6.07) is 8.14. The van der Waals surface area contributed by atoms with E-state index >= 15 is 0 Å². The highest BCUT2D eigenvalue weighted by molar-refractivity contribution is 8.00. The Morgan fingerprint density at radius 1 is 1.39 bits per heavy atom. The fourth-order valence-corrected chi connectivity index (χ4v) is 3.56. The van der Waals surface area contributed by atoms with Crippen molar-refractivity contribution in [2.24, 2.45) is 0 Å². The normalized spacial score (nSPS) is 23.6. The van der Waals surface area contributed by atoms with E-state index in [0.717, 1.165) is 34.5 Å². The molecular formula is C14H16N2OS. The van der Waals surface area contributed by atoms with E-state index in [1.54, 1.807) is 6.20 Å². The summed E-state index contributed by atoms with van der Waals surface area (Å²) in [4.78, 5) is 5.51. The molecule has 18 heavy (non-hydrogen) atoms. The van der Waals surface area contributed by atoms with Crippen LogP contribution in [0.1, 0.15) is 13.3 Å². The number of fused-ring (bicyclic) bond motifs is 1. The van der Waals surface area contributed by atoms with E-state index < -0.39 is 0 Å². The first-order chi connectivity index (χ1) is 8.75. The third kappa shape index (κ3) is 2.06. The number of thioether (sulfide) groups is 1. The number of para-hydroxylation sites is 1. The number of benzene rings is 1. The van der Waals surface area contributed by atoms with Crippen molar-refractivity contribution in [3.63, 3.8) is 0 Å². The van der Waals surface area contributed by atoms with Gasteiger partial charge in [0.05, 0.1) is 23.5 Å². The number of nitrogens with zero attached hydrogens (tertiary/aromatic N) is 1. The second-order valence-corrected chi connectivity index (χ2v) is 5.83. The average Bonchev–Trinajstić information content (AvgIpc) is 2.79. The smallest absolute Gasteiger partial charge is 0.0714 e. The summed E-state index contributed by atoms with van der Waals surface area (Å²) in [5.41, 5.74) is 7.85. The third-order valence-electron chi connectivity index (χ3n) is 3.33. The molecule has 3 rings (SSSR count). The van der Waals surface area contributed by atoms with E-state index in [9.17, 15) is 0 Å². The lowest BCUT2D eigenvalue weighted by atomic mass is 10.2. The van der Waals surface area contributed by atoms with E-state index in [4.69, 9.17) is 10.5 Å². The zero-order valence-electron chi connectivity index (χ0n) is 10.3. The van der Waals surface area contributed by atoms with Crippen LogP contribution in [0.5, 0.6) is 0 Å². The van der Waals surface area contributed by atoms with Crippen molar-refractivity contribution >= 4 is 28.4 Å². The van der Waals surface area contributed by atoms with Crippen molar-refractivity contribution in [3.8, 4) is 0 Å². The zero-order chi connectivity index (χ0) is 12.5. The topological polar surface area (TPSA) is 48.1 Å². The highest BCUT2D eigenvalue weighted by Gasteiger charge is 2.26. The van der Waals surface area contributed by atoms with Crippen LogP contribution in [-0.4, -0.2) is 22.9 Å². The van der Waals surface area contributed by atoms with E-state index in [-0.39, 0.29) is 0 Å². The van der Waals surface area contributed by atoms with Crippen LogP contribution in [-0.2, 0) is 4.74 Å². The Morgan fingerprint density at radius 3 is 3.00 bits per heavy atom. The fraction of sp³-hybridized carbons (Fsp3) is 0.357. The Morgan fingerprint density at radius 2 is 2.22 bits per heavy atom. The summed E-state index contributed by atoms with van der Waals surface area (Å²) >= 11 is 1.83. The minimum atomic E-state index is 0.293. The quantitative estimate of drug-likeness (QED) is 0.901. The lowest BCUT2D eigenvalue weighted by molar-refractivity contribution is 0.127. The molecule has 1 saturated heterocycles. The van der Waals surface area contributed by atoms with Gasteiger partial charge in [-0.05, 0) is 19.4 Å². The van der Waals surface area contributed by atoms with Crippen LogP contribution in [0.15, 0.2) is 35.4 Å². The highest BCUT2D eigenvalue weighted by atomic mass is 32.2. The van der Waals surface area contributed by atoms with Crippen LogP contribution >= 0.6 is 11.8 Å². The molecular weight excluding hydrogens is 244 g/mol. The number of nitrogen functional groups attached to an aromatic ring is 1. The molecule has 0 bridgehead atoms. The molecule has 0 amide bonds. The molecule has 0 radical (unpaired) electrons. The summed E-state index contributed by atoms with van der Waals surface area (Å²) in [7, 11) is 0. The molecule has 1 aromatic carbocycles. The molecule has 0 spiro atoms. The first-order valence-electron chi connectivity index (χ1n) is 6.17. The van der Waals surface area contributed by atoms with Crippen LogP contribution in [0.4, 0.5) is 5.69 Å². The number of rotatable bonds is 2. The maximum Gasteiger partial charge on any atom is 0.0714 e. The molecule has 0 aliphatic carbocycles. The molecule has 2 unspecified atom stereocenters. The molecule has 1 fully saturated rings. The fourth-order valence-electron chi connectivity index (χ4n) is 2.28. The molecule has 2 aromatic rings. The van der Waals surface area contributed by atoms with Crippen molar-refractivity contribution < 1.29 is 4.74 Å². The molecule has 1 aliphatic rings. The number of nitrogens with two attached hydrogens (primary N) is 1. The number of pyridine rings is 1. The van der Waals surface area contributed by atoms with Gasteiger partial charge >= 0.3 is 0 Å². The number of aromatic nitrogens is 1. The van der Waals surface area contributed by atoms with Gasteiger partial charge < -0.3 is 10.5 Å². The average molecular weight is 260 g/mol. The molecule has 1 aliphatic heterocycles. The van der Waals surface area contributed by atoms with Gasteiger partial charge in [-0.15, -0.1) is 11.8 Å². The van der Waals surface area contributed by atoms with Gasteiger partial charge in [0.1, 0.15) is 0 Å². The second kappa shape index (κ2) is 4.78. The lowest BCUT2D eigenvalue weighted by Crippen LogP contribution is -2.13. The van der Waals surface area contributed by atoms with Gasteiger partial charge in [0, 0.05) is 22.1 Å². The van der Waals surface area contributed by atoms with E-state index in [1.165, 1.54) is 0 Å².